The minimum Gasteiger partial charge on any atom is -0.365 e. The third kappa shape index (κ3) is 2.17. The number of nitrogens with one attached hydrogen (secondary N) is 1. The van der Waals surface area contributed by atoms with Gasteiger partial charge in [0.2, 0.25) is 0 Å². The van der Waals surface area contributed by atoms with Crippen molar-refractivity contribution in [1.82, 2.24) is 9.88 Å². The first-order valence-corrected chi connectivity index (χ1v) is 6.52. The zero-order chi connectivity index (χ0) is 11.7. The van der Waals surface area contributed by atoms with Gasteiger partial charge in [0, 0.05) is 36.4 Å². The van der Waals surface area contributed by atoms with Crippen molar-refractivity contribution in [2.75, 3.05) is 0 Å². The van der Waals surface area contributed by atoms with Gasteiger partial charge in [0.05, 0.1) is 0 Å². The lowest BCUT2D eigenvalue weighted by atomic mass is 9.91. The molecular weight excluding hydrogens is 196 g/mol. The molecule has 1 heterocycles. The summed E-state index contributed by atoms with van der Waals surface area (Å²) in [5.41, 5.74) is 2.99. The molecule has 2 rings (SSSR count). The molecule has 2 heteroatoms. The Morgan fingerprint density at radius 3 is 2.56 bits per heavy atom. The summed E-state index contributed by atoms with van der Waals surface area (Å²) in [6.45, 7) is 9.24. The van der Waals surface area contributed by atoms with E-state index in [0.29, 0.717) is 18.1 Å². The zero-order valence-corrected chi connectivity index (χ0v) is 11.0. The lowest BCUT2D eigenvalue weighted by Gasteiger charge is -2.40. The zero-order valence-electron chi connectivity index (χ0n) is 11.0. The molecular formula is C14H24N2. The SMILES string of the molecule is CC(C)N(C(C)C)[C@@H]1CCc2cc[nH]c2C1. The van der Waals surface area contributed by atoms with E-state index in [2.05, 4.69) is 49.8 Å². The van der Waals surface area contributed by atoms with E-state index in [-0.39, 0.29) is 0 Å². The van der Waals surface area contributed by atoms with Crippen LogP contribution in [0.2, 0.25) is 0 Å². The van der Waals surface area contributed by atoms with Crippen molar-refractivity contribution >= 4 is 0 Å². The van der Waals surface area contributed by atoms with Crippen LogP contribution in [0.5, 0.6) is 0 Å². The number of nitrogens with zero attached hydrogens (tertiary/aromatic N) is 1. The molecule has 1 N–H and O–H groups in total. The van der Waals surface area contributed by atoms with Gasteiger partial charge >= 0.3 is 0 Å². The van der Waals surface area contributed by atoms with Crippen molar-refractivity contribution in [1.29, 1.82) is 0 Å². The first kappa shape index (κ1) is 11.7. The van der Waals surface area contributed by atoms with Gasteiger partial charge in [0.1, 0.15) is 0 Å². The van der Waals surface area contributed by atoms with Crippen molar-refractivity contribution < 1.29 is 0 Å². The molecule has 0 unspecified atom stereocenters. The first-order valence-electron chi connectivity index (χ1n) is 6.52. The molecule has 16 heavy (non-hydrogen) atoms. The normalized spacial score (nSPS) is 20.8. The molecule has 1 aromatic heterocycles. The smallest absolute Gasteiger partial charge is 0.0195 e. The summed E-state index contributed by atoms with van der Waals surface area (Å²) in [6, 6.07) is 4.23. The largest absolute Gasteiger partial charge is 0.365 e. The number of rotatable bonds is 3. The maximum absolute atomic E-state index is 3.39. The molecule has 1 aliphatic carbocycles. The highest BCUT2D eigenvalue weighted by Crippen LogP contribution is 2.26. The predicted molar refractivity (Wildman–Crippen MR) is 68.7 cm³/mol. The molecule has 2 nitrogen and oxygen atoms in total. The van der Waals surface area contributed by atoms with Crippen LogP contribution >= 0.6 is 0 Å². The minimum atomic E-state index is 0.640. The third-order valence-corrected chi connectivity index (χ3v) is 3.73. The van der Waals surface area contributed by atoms with E-state index in [1.54, 1.807) is 0 Å². The van der Waals surface area contributed by atoms with Gasteiger partial charge in [0.15, 0.2) is 0 Å². The van der Waals surface area contributed by atoms with E-state index < -0.39 is 0 Å². The number of aromatic nitrogens is 1. The summed E-state index contributed by atoms with van der Waals surface area (Å²) < 4.78 is 0. The molecule has 0 saturated heterocycles. The Labute approximate surface area is 99.0 Å². The van der Waals surface area contributed by atoms with Gasteiger partial charge in [-0.25, -0.2) is 0 Å². The summed E-state index contributed by atoms with van der Waals surface area (Å²) in [5, 5.41) is 0. The summed E-state index contributed by atoms with van der Waals surface area (Å²) in [5.74, 6) is 0. The van der Waals surface area contributed by atoms with Crippen molar-refractivity contribution in [2.24, 2.45) is 0 Å². The second kappa shape index (κ2) is 4.62. The number of aromatic amines is 1. The first-order chi connectivity index (χ1) is 7.59. The quantitative estimate of drug-likeness (QED) is 0.829. The molecule has 0 fully saturated rings. The maximum Gasteiger partial charge on any atom is 0.0195 e. The van der Waals surface area contributed by atoms with E-state index in [4.69, 9.17) is 0 Å². The Hall–Kier alpha value is -0.760. The van der Waals surface area contributed by atoms with E-state index >= 15 is 0 Å². The van der Waals surface area contributed by atoms with Crippen molar-refractivity contribution in [3.05, 3.63) is 23.5 Å². The van der Waals surface area contributed by atoms with Crippen molar-refractivity contribution in [3.8, 4) is 0 Å². The molecule has 0 bridgehead atoms. The van der Waals surface area contributed by atoms with Crippen LogP contribution in [0.25, 0.3) is 0 Å². The van der Waals surface area contributed by atoms with Crippen molar-refractivity contribution in [3.63, 3.8) is 0 Å². The van der Waals surface area contributed by atoms with Gasteiger partial charge in [-0.05, 0) is 52.2 Å². The molecule has 0 aliphatic heterocycles. The summed E-state index contributed by atoms with van der Waals surface area (Å²) >= 11 is 0. The molecule has 1 aromatic rings. The highest BCUT2D eigenvalue weighted by molar-refractivity contribution is 5.24. The fourth-order valence-electron chi connectivity index (χ4n) is 3.21. The lowest BCUT2D eigenvalue weighted by molar-refractivity contribution is 0.102. The second-order valence-corrected chi connectivity index (χ2v) is 5.51. The van der Waals surface area contributed by atoms with E-state index in [0.717, 1.165) is 0 Å². The molecule has 90 valence electrons. The number of H-pyrrole nitrogens is 1. The fraction of sp³-hybridized carbons (Fsp3) is 0.714. The van der Waals surface area contributed by atoms with Crippen LogP contribution in [0.1, 0.15) is 45.4 Å². The number of hydrogen-bond donors (Lipinski definition) is 1. The topological polar surface area (TPSA) is 19.0 Å². The molecule has 0 amide bonds. The third-order valence-electron chi connectivity index (χ3n) is 3.73. The van der Waals surface area contributed by atoms with E-state index in [1.165, 1.54) is 30.5 Å². The van der Waals surface area contributed by atoms with Gasteiger partial charge < -0.3 is 4.98 Å². The molecule has 0 radical (unpaired) electrons. The summed E-state index contributed by atoms with van der Waals surface area (Å²) in [4.78, 5) is 6.05. The highest BCUT2D eigenvalue weighted by Gasteiger charge is 2.27. The molecule has 1 atom stereocenters. The van der Waals surface area contributed by atoms with Crippen molar-refractivity contribution in [2.45, 2.75) is 65.1 Å². The Morgan fingerprint density at radius 1 is 1.25 bits per heavy atom. The minimum absolute atomic E-state index is 0.640. The van der Waals surface area contributed by atoms with Gasteiger partial charge in [-0.1, -0.05) is 0 Å². The van der Waals surface area contributed by atoms with Gasteiger partial charge in [-0.15, -0.1) is 0 Å². The van der Waals surface area contributed by atoms with E-state index in [1.807, 2.05) is 0 Å². The van der Waals surface area contributed by atoms with Gasteiger partial charge in [0.25, 0.3) is 0 Å². The lowest BCUT2D eigenvalue weighted by Crippen LogP contribution is -2.47. The van der Waals surface area contributed by atoms with Crippen LogP contribution < -0.4 is 0 Å². The Bertz CT molecular complexity index is 330. The second-order valence-electron chi connectivity index (χ2n) is 5.51. The Balaban J connectivity index is 2.12. The number of fused-ring (bicyclic) bond motifs is 1. The average Bonchev–Trinajstić information content (AvgIpc) is 2.63. The number of aryl methyl sites for hydroxylation is 1. The van der Waals surface area contributed by atoms with E-state index in [9.17, 15) is 0 Å². The Kier molecular flexibility index (Phi) is 3.38. The average molecular weight is 220 g/mol. The molecule has 1 aliphatic rings. The van der Waals surface area contributed by atoms with Crippen LogP contribution in [0.4, 0.5) is 0 Å². The molecule has 0 aromatic carbocycles. The standard InChI is InChI=1S/C14H24N2/c1-10(2)16(11(3)4)13-6-5-12-7-8-15-14(12)9-13/h7-8,10-11,13,15H,5-6,9H2,1-4H3/t13-/m1/s1. The number of hydrogen-bond acceptors (Lipinski definition) is 1. The van der Waals surface area contributed by atoms with Crippen LogP contribution in [0.3, 0.4) is 0 Å². The van der Waals surface area contributed by atoms with Crippen LogP contribution in [-0.4, -0.2) is 28.0 Å². The molecule has 0 spiro atoms. The summed E-state index contributed by atoms with van der Waals surface area (Å²) in [7, 11) is 0. The molecule has 0 saturated carbocycles. The summed E-state index contributed by atoms with van der Waals surface area (Å²) in [6.07, 6.45) is 5.82. The predicted octanol–water partition coefficient (Wildman–Crippen LogP) is 2.99. The van der Waals surface area contributed by atoms with Crippen LogP contribution in [0, 0.1) is 0 Å². The highest BCUT2D eigenvalue weighted by atomic mass is 15.2. The van der Waals surface area contributed by atoms with Crippen LogP contribution in [0.15, 0.2) is 12.3 Å². The van der Waals surface area contributed by atoms with Crippen LogP contribution in [-0.2, 0) is 12.8 Å². The Morgan fingerprint density at radius 2 is 1.94 bits per heavy atom. The monoisotopic (exact) mass is 220 g/mol. The fourth-order valence-corrected chi connectivity index (χ4v) is 3.21. The van der Waals surface area contributed by atoms with Gasteiger partial charge in [-0.2, -0.15) is 0 Å². The maximum atomic E-state index is 3.39. The van der Waals surface area contributed by atoms with Gasteiger partial charge in [-0.3, -0.25) is 4.90 Å².